The van der Waals surface area contributed by atoms with E-state index in [1.165, 1.54) is 0 Å². The Labute approximate surface area is 127 Å². The molecule has 21 heavy (non-hydrogen) atoms. The molecule has 1 N–H and O–H groups in total. The molecule has 0 aliphatic rings. The summed E-state index contributed by atoms with van der Waals surface area (Å²) in [5.41, 5.74) is 0. The topological polar surface area (TPSA) is 29.5 Å². The van der Waals surface area contributed by atoms with Crippen molar-refractivity contribution in [3.05, 3.63) is 0 Å². The van der Waals surface area contributed by atoms with Gasteiger partial charge in [0.15, 0.2) is 8.32 Å². The van der Waals surface area contributed by atoms with Crippen LogP contribution in [0.5, 0.6) is 0 Å². The maximum absolute atomic E-state index is 11.9. The zero-order valence-corrected chi connectivity index (χ0v) is 14.4. The summed E-state index contributed by atoms with van der Waals surface area (Å²) in [6.07, 6.45) is -2.60. The summed E-state index contributed by atoms with van der Waals surface area (Å²) in [5, 5.41) is 9.06. The molecule has 0 spiro atoms. The number of unbranched alkanes of at least 4 members (excludes halogenated alkanes) is 3. The Bertz CT molecular complexity index is 340. The Balaban J connectivity index is 3.65. The first-order valence-corrected chi connectivity index (χ1v) is 10.8. The molecule has 0 heterocycles. The number of alkyl halides is 3. The zero-order chi connectivity index (χ0) is 16.5. The van der Waals surface area contributed by atoms with Gasteiger partial charge in [-0.25, -0.2) is 0 Å². The van der Waals surface area contributed by atoms with E-state index in [4.69, 9.17) is 9.53 Å². The van der Waals surface area contributed by atoms with Gasteiger partial charge in [0.05, 0.1) is 6.42 Å². The third kappa shape index (κ3) is 15.7. The van der Waals surface area contributed by atoms with Crippen molar-refractivity contribution in [2.45, 2.75) is 83.5 Å². The van der Waals surface area contributed by atoms with Gasteiger partial charge in [0, 0.05) is 12.5 Å². The van der Waals surface area contributed by atoms with Gasteiger partial charge in [0.1, 0.15) is 6.10 Å². The fourth-order valence-electron chi connectivity index (χ4n) is 1.94. The second kappa shape index (κ2) is 9.49. The van der Waals surface area contributed by atoms with Crippen molar-refractivity contribution in [2.24, 2.45) is 0 Å². The molecular weight excluding hydrogens is 297 g/mol. The van der Waals surface area contributed by atoms with E-state index in [9.17, 15) is 13.2 Å². The molecule has 124 valence electrons. The maximum Gasteiger partial charge on any atom is 0.392 e. The van der Waals surface area contributed by atoms with Gasteiger partial charge in [-0.15, -0.1) is 5.92 Å². The fourth-order valence-corrected chi connectivity index (χ4v) is 3.27. The quantitative estimate of drug-likeness (QED) is 0.405. The Morgan fingerprint density at radius 3 is 2.29 bits per heavy atom. The summed E-state index contributed by atoms with van der Waals surface area (Å²) in [7, 11) is -1.48. The van der Waals surface area contributed by atoms with Gasteiger partial charge < -0.3 is 9.53 Å². The summed E-state index contributed by atoms with van der Waals surface area (Å²) in [4.78, 5) is 0. The van der Waals surface area contributed by atoms with Crippen LogP contribution in [0.2, 0.25) is 19.6 Å². The highest BCUT2D eigenvalue weighted by Gasteiger charge is 2.30. The molecule has 0 saturated heterocycles. The van der Waals surface area contributed by atoms with Gasteiger partial charge in [-0.05, 0) is 39.4 Å². The highest BCUT2D eigenvalue weighted by molar-refractivity contribution is 6.69. The predicted molar refractivity (Wildman–Crippen MR) is 81.4 cm³/mol. The van der Waals surface area contributed by atoms with Crippen LogP contribution in [-0.2, 0) is 4.43 Å². The lowest BCUT2D eigenvalue weighted by Crippen LogP contribution is -2.30. The molecule has 0 aromatic carbocycles. The van der Waals surface area contributed by atoms with Crippen LogP contribution in [-0.4, -0.2) is 31.8 Å². The second-order valence-corrected chi connectivity index (χ2v) is 10.8. The number of aliphatic hydroxyl groups excluding tert-OH is 1. The maximum atomic E-state index is 11.9. The van der Waals surface area contributed by atoms with Gasteiger partial charge in [-0.2, -0.15) is 13.2 Å². The minimum Gasteiger partial charge on any atom is -0.415 e. The summed E-state index contributed by atoms with van der Waals surface area (Å²) >= 11 is 0. The first kappa shape index (κ1) is 20.5. The molecule has 0 radical (unpaired) electrons. The second-order valence-electron chi connectivity index (χ2n) is 6.30. The molecule has 2 atom stereocenters. The Morgan fingerprint density at radius 2 is 1.76 bits per heavy atom. The average Bonchev–Trinajstić information content (AvgIpc) is 2.22. The van der Waals surface area contributed by atoms with Gasteiger partial charge in [-0.3, -0.25) is 0 Å². The number of rotatable bonds is 8. The van der Waals surface area contributed by atoms with Crippen LogP contribution >= 0.6 is 0 Å². The van der Waals surface area contributed by atoms with Gasteiger partial charge in [0.2, 0.25) is 0 Å². The normalized spacial score (nSPS) is 15.2. The molecule has 2 unspecified atom stereocenters. The smallest absolute Gasteiger partial charge is 0.392 e. The largest absolute Gasteiger partial charge is 0.415 e. The van der Waals surface area contributed by atoms with E-state index in [0.717, 1.165) is 25.7 Å². The molecule has 0 aromatic heterocycles. The Kier molecular flexibility index (Phi) is 9.26. The van der Waals surface area contributed by atoms with E-state index < -0.39 is 27.0 Å². The number of hydrogen-bond donors (Lipinski definition) is 1. The Morgan fingerprint density at radius 1 is 1.14 bits per heavy atom. The van der Waals surface area contributed by atoms with Crippen molar-refractivity contribution in [3.8, 4) is 11.8 Å². The minimum absolute atomic E-state index is 0.261. The molecule has 0 aliphatic carbocycles. The van der Waals surface area contributed by atoms with Crippen molar-refractivity contribution in [1.82, 2.24) is 0 Å². The molecule has 0 aliphatic heterocycles. The minimum atomic E-state index is -4.36. The van der Waals surface area contributed by atoms with Gasteiger partial charge in [-0.1, -0.05) is 18.8 Å². The third-order valence-electron chi connectivity index (χ3n) is 2.66. The molecule has 2 nitrogen and oxygen atoms in total. The van der Waals surface area contributed by atoms with Crippen LogP contribution in [0.1, 0.15) is 45.4 Å². The molecular formula is C15H27F3O2Si. The monoisotopic (exact) mass is 324 g/mol. The molecule has 0 bridgehead atoms. The number of hydrogen-bond acceptors (Lipinski definition) is 2. The molecule has 6 heteroatoms. The van der Waals surface area contributed by atoms with Crippen molar-refractivity contribution >= 4 is 8.32 Å². The lowest BCUT2D eigenvalue weighted by Gasteiger charge is -2.23. The van der Waals surface area contributed by atoms with Crippen molar-refractivity contribution in [1.29, 1.82) is 0 Å². The van der Waals surface area contributed by atoms with E-state index in [1.54, 1.807) is 0 Å². The van der Waals surface area contributed by atoms with Gasteiger partial charge >= 0.3 is 6.18 Å². The molecule has 0 amide bonds. The highest BCUT2D eigenvalue weighted by Crippen LogP contribution is 2.21. The summed E-state index contributed by atoms with van der Waals surface area (Å²) in [6.45, 7) is 8.55. The van der Waals surface area contributed by atoms with E-state index in [2.05, 4.69) is 38.4 Å². The van der Waals surface area contributed by atoms with Crippen LogP contribution in [0.3, 0.4) is 0 Å². The molecule has 0 rings (SSSR count). The summed E-state index contributed by atoms with van der Waals surface area (Å²) in [5.74, 6) is 4.85. The van der Waals surface area contributed by atoms with Crippen molar-refractivity contribution in [3.63, 3.8) is 0 Å². The van der Waals surface area contributed by atoms with E-state index in [0.29, 0.717) is 6.42 Å². The van der Waals surface area contributed by atoms with Crippen LogP contribution in [0.25, 0.3) is 0 Å². The lowest BCUT2D eigenvalue weighted by molar-refractivity contribution is -0.147. The van der Waals surface area contributed by atoms with E-state index >= 15 is 0 Å². The van der Waals surface area contributed by atoms with E-state index in [-0.39, 0.29) is 6.10 Å². The fraction of sp³-hybridized carbons (Fsp3) is 0.867. The zero-order valence-electron chi connectivity index (χ0n) is 13.4. The molecule has 0 saturated carbocycles. The third-order valence-corrected chi connectivity index (χ3v) is 3.77. The lowest BCUT2D eigenvalue weighted by atomic mass is 10.1. The van der Waals surface area contributed by atoms with Gasteiger partial charge in [0.25, 0.3) is 0 Å². The average molecular weight is 324 g/mol. The van der Waals surface area contributed by atoms with Crippen LogP contribution in [0, 0.1) is 11.8 Å². The first-order chi connectivity index (χ1) is 9.49. The summed E-state index contributed by atoms with van der Waals surface area (Å²) < 4.78 is 41.7. The SMILES string of the molecule is CC(CCCCCC#CC(O)CC(F)(F)F)O[Si](C)(C)C. The van der Waals surface area contributed by atoms with Crippen LogP contribution in [0.4, 0.5) is 13.2 Å². The number of aliphatic hydroxyl groups is 1. The molecule has 0 fully saturated rings. The number of halogens is 3. The van der Waals surface area contributed by atoms with Crippen molar-refractivity contribution in [2.75, 3.05) is 0 Å². The predicted octanol–water partition coefficient (Wildman–Crippen LogP) is 4.49. The van der Waals surface area contributed by atoms with Crippen LogP contribution in [0.15, 0.2) is 0 Å². The van der Waals surface area contributed by atoms with Crippen molar-refractivity contribution < 1.29 is 22.7 Å². The Hall–Kier alpha value is -0.513. The molecule has 0 aromatic rings. The van der Waals surface area contributed by atoms with Crippen LogP contribution < -0.4 is 0 Å². The standard InChI is InChI=1S/C15H27F3O2Si/c1-13(20-21(2,3)4)10-8-6-5-7-9-11-14(19)12-15(16,17)18/h13-14,19H,5-8,10,12H2,1-4H3. The highest BCUT2D eigenvalue weighted by atomic mass is 28.4. The van der Waals surface area contributed by atoms with E-state index in [1.807, 2.05) is 0 Å². The summed E-state index contributed by atoms with van der Waals surface area (Å²) in [6, 6.07) is 0. The first-order valence-electron chi connectivity index (χ1n) is 7.40.